The largest absolute Gasteiger partial charge is 0.418 e. The lowest BCUT2D eigenvalue weighted by atomic mass is 10.1. The van der Waals surface area contributed by atoms with Crippen LogP contribution in [0.5, 0.6) is 0 Å². The van der Waals surface area contributed by atoms with Crippen molar-refractivity contribution >= 4 is 17.5 Å². The lowest BCUT2D eigenvalue weighted by molar-refractivity contribution is -0.137. The summed E-state index contributed by atoms with van der Waals surface area (Å²) in [5.74, 6) is -0.781. The molecule has 2 rings (SSSR count). The summed E-state index contributed by atoms with van der Waals surface area (Å²) in [7, 11) is 0. The van der Waals surface area contributed by atoms with Crippen molar-refractivity contribution in [3.63, 3.8) is 0 Å². The molecule has 144 valence electrons. The summed E-state index contributed by atoms with van der Waals surface area (Å²) >= 11 is 0. The molecule has 0 spiro atoms. The van der Waals surface area contributed by atoms with Gasteiger partial charge in [-0.2, -0.15) is 13.2 Å². The molecule has 1 aromatic carbocycles. The van der Waals surface area contributed by atoms with Gasteiger partial charge in [0, 0.05) is 38.6 Å². The zero-order valence-electron chi connectivity index (χ0n) is 14.6. The highest BCUT2D eigenvalue weighted by molar-refractivity contribution is 5.93. The summed E-state index contributed by atoms with van der Waals surface area (Å²) in [5.41, 5.74) is 4.37. The average Bonchev–Trinajstić information content (AvgIpc) is 2.60. The second-order valence-corrected chi connectivity index (χ2v) is 6.33. The maximum absolute atomic E-state index is 13.0. The van der Waals surface area contributed by atoms with Gasteiger partial charge in [0.05, 0.1) is 17.8 Å². The van der Waals surface area contributed by atoms with E-state index >= 15 is 0 Å². The van der Waals surface area contributed by atoms with E-state index in [4.69, 9.17) is 5.73 Å². The van der Waals surface area contributed by atoms with Gasteiger partial charge in [0.1, 0.15) is 0 Å². The third kappa shape index (κ3) is 5.18. The van der Waals surface area contributed by atoms with Crippen molar-refractivity contribution in [2.45, 2.75) is 13.1 Å². The fourth-order valence-corrected chi connectivity index (χ4v) is 2.77. The summed E-state index contributed by atoms with van der Waals surface area (Å²) in [5, 5.41) is 2.33. The van der Waals surface area contributed by atoms with Crippen LogP contribution in [0, 0.1) is 5.92 Å². The number of carbonyl (C=O) groups excluding carboxylic acids is 2. The normalized spacial score (nSPS) is 17.0. The Labute approximate surface area is 150 Å². The fraction of sp³-hybridized carbons (Fsp3) is 0.529. The number of anilines is 1. The van der Waals surface area contributed by atoms with E-state index in [0.717, 1.165) is 6.07 Å². The lowest BCUT2D eigenvalue weighted by Gasteiger charge is -2.35. The van der Waals surface area contributed by atoms with Crippen molar-refractivity contribution in [2.24, 2.45) is 11.7 Å². The predicted molar refractivity (Wildman–Crippen MR) is 91.3 cm³/mol. The maximum atomic E-state index is 13.0. The van der Waals surface area contributed by atoms with E-state index in [1.54, 1.807) is 11.8 Å². The summed E-state index contributed by atoms with van der Waals surface area (Å²) in [6, 6.07) is 4.87. The molecule has 26 heavy (non-hydrogen) atoms. The second-order valence-electron chi connectivity index (χ2n) is 6.33. The standard InChI is InChI=1S/C17H23F3N4O2/c1-12(10-21)16(26)24-8-6-23(7-9-24)11-15(25)22-14-5-3-2-4-13(14)17(18,19)20/h2-5,12H,6-11,21H2,1H3,(H,22,25). The Hall–Kier alpha value is -2.13. The number of piperazine rings is 1. The molecule has 0 aliphatic carbocycles. The summed E-state index contributed by atoms with van der Waals surface area (Å²) in [4.78, 5) is 27.7. The van der Waals surface area contributed by atoms with E-state index in [-0.39, 0.29) is 30.6 Å². The number of nitrogens with zero attached hydrogens (tertiary/aromatic N) is 2. The minimum absolute atomic E-state index is 0.0179. The molecule has 1 heterocycles. The zero-order chi connectivity index (χ0) is 19.3. The van der Waals surface area contributed by atoms with Gasteiger partial charge in [-0.05, 0) is 12.1 Å². The highest BCUT2D eigenvalue weighted by Gasteiger charge is 2.33. The van der Waals surface area contributed by atoms with Gasteiger partial charge >= 0.3 is 6.18 Å². The topological polar surface area (TPSA) is 78.7 Å². The molecule has 0 bridgehead atoms. The Kier molecular flexibility index (Phi) is 6.60. The monoisotopic (exact) mass is 372 g/mol. The van der Waals surface area contributed by atoms with Crippen molar-refractivity contribution in [1.82, 2.24) is 9.80 Å². The van der Waals surface area contributed by atoms with E-state index in [9.17, 15) is 22.8 Å². The minimum Gasteiger partial charge on any atom is -0.340 e. The van der Waals surface area contributed by atoms with Gasteiger partial charge in [0.2, 0.25) is 11.8 Å². The number of rotatable bonds is 5. The number of para-hydroxylation sites is 1. The molecule has 1 aliphatic heterocycles. The van der Waals surface area contributed by atoms with Gasteiger partial charge in [0.25, 0.3) is 0 Å². The van der Waals surface area contributed by atoms with Gasteiger partial charge in [-0.15, -0.1) is 0 Å². The van der Waals surface area contributed by atoms with Crippen LogP contribution in [-0.2, 0) is 15.8 Å². The SMILES string of the molecule is CC(CN)C(=O)N1CCN(CC(=O)Nc2ccccc2C(F)(F)F)CC1. The molecule has 0 radical (unpaired) electrons. The molecule has 3 N–H and O–H groups in total. The van der Waals surface area contributed by atoms with Crippen molar-refractivity contribution in [3.05, 3.63) is 29.8 Å². The van der Waals surface area contributed by atoms with E-state index in [0.29, 0.717) is 26.2 Å². The Morgan fingerprint density at radius 2 is 1.81 bits per heavy atom. The van der Waals surface area contributed by atoms with Crippen LogP contribution in [-0.4, -0.2) is 60.9 Å². The average molecular weight is 372 g/mol. The first-order chi connectivity index (χ1) is 12.2. The van der Waals surface area contributed by atoms with E-state index in [1.807, 2.05) is 4.90 Å². The highest BCUT2D eigenvalue weighted by atomic mass is 19.4. The summed E-state index contributed by atoms with van der Waals surface area (Å²) < 4.78 is 38.9. The molecule has 1 atom stereocenters. The first-order valence-electron chi connectivity index (χ1n) is 8.39. The Bertz CT molecular complexity index is 643. The van der Waals surface area contributed by atoms with Crippen LogP contribution in [0.25, 0.3) is 0 Å². The first-order valence-corrected chi connectivity index (χ1v) is 8.39. The number of halogens is 3. The van der Waals surface area contributed by atoms with Gasteiger partial charge in [-0.25, -0.2) is 0 Å². The molecular weight excluding hydrogens is 349 g/mol. The van der Waals surface area contributed by atoms with Crippen molar-refractivity contribution in [1.29, 1.82) is 0 Å². The Morgan fingerprint density at radius 3 is 2.38 bits per heavy atom. The van der Waals surface area contributed by atoms with Crippen LogP contribution in [0.1, 0.15) is 12.5 Å². The van der Waals surface area contributed by atoms with E-state index < -0.39 is 17.6 Å². The summed E-state index contributed by atoms with van der Waals surface area (Å²) in [6.45, 7) is 3.92. The third-order valence-electron chi connectivity index (χ3n) is 4.33. The van der Waals surface area contributed by atoms with Gasteiger partial charge < -0.3 is 16.0 Å². The van der Waals surface area contributed by atoms with Gasteiger partial charge in [-0.1, -0.05) is 19.1 Å². The number of hydrogen-bond acceptors (Lipinski definition) is 4. The highest BCUT2D eigenvalue weighted by Crippen LogP contribution is 2.34. The fourth-order valence-electron chi connectivity index (χ4n) is 2.77. The molecule has 1 fully saturated rings. The number of nitrogens with two attached hydrogens (primary N) is 1. The molecular formula is C17H23F3N4O2. The zero-order valence-corrected chi connectivity index (χ0v) is 14.6. The third-order valence-corrected chi connectivity index (χ3v) is 4.33. The van der Waals surface area contributed by atoms with E-state index in [1.165, 1.54) is 18.2 Å². The molecule has 0 saturated carbocycles. The molecule has 9 heteroatoms. The Morgan fingerprint density at radius 1 is 1.19 bits per heavy atom. The van der Waals surface area contributed by atoms with Crippen LogP contribution in [0.3, 0.4) is 0 Å². The van der Waals surface area contributed by atoms with Gasteiger partial charge in [-0.3, -0.25) is 14.5 Å². The van der Waals surface area contributed by atoms with Crippen LogP contribution >= 0.6 is 0 Å². The number of hydrogen-bond donors (Lipinski definition) is 2. The number of carbonyl (C=O) groups is 2. The van der Waals surface area contributed by atoms with Crippen LogP contribution in [0.4, 0.5) is 18.9 Å². The smallest absolute Gasteiger partial charge is 0.340 e. The lowest BCUT2D eigenvalue weighted by Crippen LogP contribution is -2.52. The molecule has 1 aromatic rings. The summed E-state index contributed by atoms with van der Waals surface area (Å²) in [6.07, 6.45) is -4.53. The molecule has 6 nitrogen and oxygen atoms in total. The Balaban J connectivity index is 1.88. The molecule has 1 unspecified atom stereocenters. The number of benzene rings is 1. The first kappa shape index (κ1) is 20.2. The minimum atomic E-state index is -4.53. The maximum Gasteiger partial charge on any atom is 0.418 e. The quantitative estimate of drug-likeness (QED) is 0.819. The second kappa shape index (κ2) is 8.50. The van der Waals surface area contributed by atoms with Crippen molar-refractivity contribution < 1.29 is 22.8 Å². The number of alkyl halides is 3. The van der Waals surface area contributed by atoms with Crippen molar-refractivity contribution in [3.8, 4) is 0 Å². The van der Waals surface area contributed by atoms with Crippen LogP contribution < -0.4 is 11.1 Å². The number of amides is 2. The van der Waals surface area contributed by atoms with E-state index in [2.05, 4.69) is 5.32 Å². The van der Waals surface area contributed by atoms with Gasteiger partial charge in [0.15, 0.2) is 0 Å². The van der Waals surface area contributed by atoms with Crippen LogP contribution in [0.2, 0.25) is 0 Å². The molecule has 2 amide bonds. The predicted octanol–water partition coefficient (Wildman–Crippen LogP) is 1.38. The van der Waals surface area contributed by atoms with Crippen LogP contribution in [0.15, 0.2) is 24.3 Å². The number of nitrogens with one attached hydrogen (secondary N) is 1. The molecule has 1 saturated heterocycles. The van der Waals surface area contributed by atoms with Crippen molar-refractivity contribution in [2.75, 3.05) is 44.6 Å². The molecule has 1 aliphatic rings. The molecule has 0 aromatic heterocycles.